The minimum atomic E-state index is -4.00. The standard InChI is InChI=1S/C19H27FN2O4S/c1-13-4-3-5-17(14(13)2)21-19(23)15-6-7-16(20)18(12-15)27(24,25)22-8-10-26-11-9-22/h6-7,12-14,17H,3-5,8-11H2,1-2H3,(H,21,23)/t13-,14-,17+/m1/s1. The van der Waals surface area contributed by atoms with Crippen molar-refractivity contribution in [3.63, 3.8) is 0 Å². The van der Waals surface area contributed by atoms with Crippen LogP contribution in [0, 0.1) is 17.7 Å². The zero-order valence-electron chi connectivity index (χ0n) is 15.8. The summed E-state index contributed by atoms with van der Waals surface area (Å²) in [5, 5.41) is 3.00. The molecule has 1 saturated carbocycles. The second kappa shape index (κ2) is 8.24. The van der Waals surface area contributed by atoms with Gasteiger partial charge in [0.05, 0.1) is 13.2 Å². The Balaban J connectivity index is 1.81. The highest BCUT2D eigenvalue weighted by Gasteiger charge is 2.31. The van der Waals surface area contributed by atoms with Crippen molar-refractivity contribution in [3.8, 4) is 0 Å². The van der Waals surface area contributed by atoms with E-state index >= 15 is 0 Å². The minimum Gasteiger partial charge on any atom is -0.379 e. The van der Waals surface area contributed by atoms with Gasteiger partial charge in [0.1, 0.15) is 10.7 Å². The quantitative estimate of drug-likeness (QED) is 0.845. The largest absolute Gasteiger partial charge is 0.379 e. The van der Waals surface area contributed by atoms with E-state index in [1.165, 1.54) is 10.4 Å². The number of carbonyl (C=O) groups is 1. The predicted octanol–water partition coefficient (Wildman–Crippen LogP) is 2.40. The number of benzene rings is 1. The topological polar surface area (TPSA) is 75.7 Å². The van der Waals surface area contributed by atoms with Gasteiger partial charge in [0, 0.05) is 24.7 Å². The number of sulfonamides is 1. The molecule has 1 amide bonds. The SMILES string of the molecule is C[C@@H]1[C@H](C)CCC[C@@H]1NC(=O)c1ccc(F)c(S(=O)(=O)N2CCOCC2)c1. The maximum atomic E-state index is 14.3. The molecule has 1 N–H and O–H groups in total. The molecule has 6 nitrogen and oxygen atoms in total. The number of hydrogen-bond acceptors (Lipinski definition) is 4. The van der Waals surface area contributed by atoms with Gasteiger partial charge in [0.2, 0.25) is 10.0 Å². The molecular weight excluding hydrogens is 371 g/mol. The molecule has 1 aromatic carbocycles. The monoisotopic (exact) mass is 398 g/mol. The van der Waals surface area contributed by atoms with Crippen LogP contribution in [0.15, 0.2) is 23.1 Å². The molecular formula is C19H27FN2O4S. The zero-order valence-corrected chi connectivity index (χ0v) is 16.6. The van der Waals surface area contributed by atoms with Crippen molar-refractivity contribution in [2.45, 2.75) is 44.0 Å². The Hall–Kier alpha value is -1.51. The number of morpholine rings is 1. The second-order valence-electron chi connectivity index (χ2n) is 7.51. The molecule has 27 heavy (non-hydrogen) atoms. The van der Waals surface area contributed by atoms with Crippen molar-refractivity contribution in [2.75, 3.05) is 26.3 Å². The van der Waals surface area contributed by atoms with E-state index in [9.17, 15) is 17.6 Å². The molecule has 0 radical (unpaired) electrons. The van der Waals surface area contributed by atoms with E-state index in [-0.39, 0.29) is 43.8 Å². The molecule has 3 atom stereocenters. The van der Waals surface area contributed by atoms with E-state index in [1.54, 1.807) is 0 Å². The molecule has 0 aromatic heterocycles. The Morgan fingerprint density at radius 2 is 1.93 bits per heavy atom. The fraction of sp³-hybridized carbons (Fsp3) is 0.632. The predicted molar refractivity (Wildman–Crippen MR) is 99.4 cm³/mol. The third-order valence-corrected chi connectivity index (χ3v) is 7.72. The number of hydrogen-bond donors (Lipinski definition) is 1. The summed E-state index contributed by atoms with van der Waals surface area (Å²) in [5.74, 6) is -0.341. The lowest BCUT2D eigenvalue weighted by Crippen LogP contribution is -2.44. The van der Waals surface area contributed by atoms with Gasteiger partial charge in [-0.15, -0.1) is 0 Å². The smallest absolute Gasteiger partial charge is 0.251 e. The Kier molecular flexibility index (Phi) is 6.18. The lowest BCUT2D eigenvalue weighted by atomic mass is 9.78. The van der Waals surface area contributed by atoms with Gasteiger partial charge in [-0.25, -0.2) is 12.8 Å². The van der Waals surface area contributed by atoms with E-state index in [0.717, 1.165) is 31.4 Å². The molecule has 1 aliphatic carbocycles. The molecule has 0 unspecified atom stereocenters. The zero-order chi connectivity index (χ0) is 19.6. The van der Waals surface area contributed by atoms with Crippen LogP contribution in [0.5, 0.6) is 0 Å². The van der Waals surface area contributed by atoms with Gasteiger partial charge in [0.15, 0.2) is 0 Å². The average Bonchev–Trinajstić information content (AvgIpc) is 2.66. The maximum Gasteiger partial charge on any atom is 0.251 e. The van der Waals surface area contributed by atoms with Crippen LogP contribution in [0.1, 0.15) is 43.5 Å². The third-order valence-electron chi connectivity index (χ3n) is 5.80. The molecule has 1 saturated heterocycles. The van der Waals surface area contributed by atoms with E-state index in [4.69, 9.17) is 4.74 Å². The summed E-state index contributed by atoms with van der Waals surface area (Å²) in [5.41, 5.74) is 0.161. The number of amides is 1. The molecule has 150 valence electrons. The fourth-order valence-corrected chi connectivity index (χ4v) is 5.30. The first-order chi connectivity index (χ1) is 12.8. The summed E-state index contributed by atoms with van der Waals surface area (Å²) < 4.78 is 46.2. The fourth-order valence-electron chi connectivity index (χ4n) is 3.81. The number of carbonyl (C=O) groups excluding carboxylic acids is 1. The third kappa shape index (κ3) is 4.33. The minimum absolute atomic E-state index is 0.0469. The van der Waals surface area contributed by atoms with Crippen molar-refractivity contribution < 1.29 is 22.3 Å². The molecule has 3 rings (SSSR count). The highest BCUT2D eigenvalue weighted by molar-refractivity contribution is 7.89. The summed E-state index contributed by atoms with van der Waals surface area (Å²) in [7, 11) is -4.00. The Labute approximate surface area is 160 Å². The number of ether oxygens (including phenoxy) is 1. The van der Waals surface area contributed by atoms with Crippen molar-refractivity contribution in [1.29, 1.82) is 0 Å². The van der Waals surface area contributed by atoms with Crippen LogP contribution < -0.4 is 5.32 Å². The lowest BCUT2D eigenvalue weighted by Gasteiger charge is -2.34. The van der Waals surface area contributed by atoms with Gasteiger partial charge in [-0.2, -0.15) is 4.31 Å². The first-order valence-electron chi connectivity index (χ1n) is 9.49. The van der Waals surface area contributed by atoms with Gasteiger partial charge in [-0.05, 0) is 36.5 Å². The van der Waals surface area contributed by atoms with Crippen LogP contribution in [0.25, 0.3) is 0 Å². The van der Waals surface area contributed by atoms with Gasteiger partial charge in [-0.3, -0.25) is 4.79 Å². The van der Waals surface area contributed by atoms with Crippen LogP contribution in [-0.4, -0.2) is 51.0 Å². The summed E-state index contributed by atoms with van der Waals surface area (Å²) in [6.45, 7) is 5.20. The highest BCUT2D eigenvalue weighted by atomic mass is 32.2. The molecule has 2 fully saturated rings. The van der Waals surface area contributed by atoms with Crippen LogP contribution in [0.4, 0.5) is 4.39 Å². The summed E-state index contributed by atoms with van der Waals surface area (Å²) in [6.07, 6.45) is 3.10. The lowest BCUT2D eigenvalue weighted by molar-refractivity contribution is 0.0729. The molecule has 1 aliphatic heterocycles. The normalized spacial score (nSPS) is 27.3. The number of nitrogens with one attached hydrogen (secondary N) is 1. The van der Waals surface area contributed by atoms with Crippen molar-refractivity contribution in [1.82, 2.24) is 9.62 Å². The second-order valence-corrected chi connectivity index (χ2v) is 9.42. The molecule has 2 aliphatic rings. The summed E-state index contributed by atoms with van der Waals surface area (Å²) in [4.78, 5) is 12.2. The van der Waals surface area contributed by atoms with Crippen LogP contribution in [0.2, 0.25) is 0 Å². The van der Waals surface area contributed by atoms with E-state index in [0.29, 0.717) is 11.8 Å². The van der Waals surface area contributed by atoms with Gasteiger partial charge >= 0.3 is 0 Å². The van der Waals surface area contributed by atoms with Crippen LogP contribution >= 0.6 is 0 Å². The average molecular weight is 399 g/mol. The maximum absolute atomic E-state index is 14.3. The molecule has 0 bridgehead atoms. The summed E-state index contributed by atoms with van der Waals surface area (Å²) in [6, 6.07) is 3.58. The number of nitrogens with zero attached hydrogens (tertiary/aromatic N) is 1. The molecule has 0 spiro atoms. The molecule has 1 heterocycles. The summed E-state index contributed by atoms with van der Waals surface area (Å²) >= 11 is 0. The van der Waals surface area contributed by atoms with Crippen LogP contribution in [-0.2, 0) is 14.8 Å². The number of rotatable bonds is 4. The molecule has 8 heteroatoms. The van der Waals surface area contributed by atoms with Crippen molar-refractivity contribution in [2.24, 2.45) is 11.8 Å². The van der Waals surface area contributed by atoms with E-state index in [2.05, 4.69) is 19.2 Å². The van der Waals surface area contributed by atoms with Crippen LogP contribution in [0.3, 0.4) is 0 Å². The van der Waals surface area contributed by atoms with E-state index in [1.807, 2.05) is 0 Å². The van der Waals surface area contributed by atoms with Gasteiger partial charge in [-0.1, -0.05) is 26.7 Å². The van der Waals surface area contributed by atoms with Gasteiger partial charge in [0.25, 0.3) is 5.91 Å². The Morgan fingerprint density at radius 3 is 2.63 bits per heavy atom. The Bertz CT molecular complexity index is 793. The first-order valence-corrected chi connectivity index (χ1v) is 10.9. The van der Waals surface area contributed by atoms with Crippen molar-refractivity contribution >= 4 is 15.9 Å². The Morgan fingerprint density at radius 1 is 1.22 bits per heavy atom. The van der Waals surface area contributed by atoms with E-state index < -0.39 is 20.7 Å². The number of halogens is 1. The highest BCUT2D eigenvalue weighted by Crippen LogP contribution is 2.30. The molecule has 1 aromatic rings. The first kappa shape index (κ1) is 20.2. The van der Waals surface area contributed by atoms with Crippen molar-refractivity contribution in [3.05, 3.63) is 29.6 Å². The van der Waals surface area contributed by atoms with Gasteiger partial charge < -0.3 is 10.1 Å².